The molecule has 0 aromatic carbocycles. The van der Waals surface area contributed by atoms with Gasteiger partial charge in [-0.25, -0.2) is 0 Å². The highest BCUT2D eigenvalue weighted by Gasteiger charge is 2.19. The number of aliphatic imine (C=N–C) groups is 1. The van der Waals surface area contributed by atoms with Gasteiger partial charge in [-0.1, -0.05) is 6.42 Å². The van der Waals surface area contributed by atoms with E-state index in [2.05, 4.69) is 11.1 Å². The summed E-state index contributed by atoms with van der Waals surface area (Å²) in [6.07, 6.45) is 6.99. The maximum Gasteiger partial charge on any atom is 0.132 e. The summed E-state index contributed by atoms with van der Waals surface area (Å²) in [6.45, 7) is 0. The van der Waals surface area contributed by atoms with Crippen molar-refractivity contribution in [2.24, 2.45) is 10.7 Å². The van der Waals surface area contributed by atoms with Gasteiger partial charge in [0, 0.05) is 18.1 Å². The fourth-order valence-electron chi connectivity index (χ4n) is 2.04. The SMILES string of the molecule is N#CC=C(c1ccco1)C1CCCCC(N)=N1. The van der Waals surface area contributed by atoms with Crippen molar-refractivity contribution in [3.05, 3.63) is 30.2 Å². The fourth-order valence-corrected chi connectivity index (χ4v) is 2.04. The summed E-state index contributed by atoms with van der Waals surface area (Å²) in [5.74, 6) is 1.37. The number of nitrogens with two attached hydrogens (primary N) is 1. The Morgan fingerprint density at radius 3 is 3.18 bits per heavy atom. The number of nitrogens with zero attached hydrogens (tertiary/aromatic N) is 2. The normalized spacial score (nSPS) is 21.5. The molecule has 0 bridgehead atoms. The number of allylic oxidation sites excluding steroid dienone is 1. The number of furan rings is 1. The first-order valence-electron chi connectivity index (χ1n) is 5.77. The zero-order valence-electron chi connectivity index (χ0n) is 9.60. The third-order valence-electron chi connectivity index (χ3n) is 2.87. The molecule has 2 N–H and O–H groups in total. The van der Waals surface area contributed by atoms with Gasteiger partial charge < -0.3 is 10.2 Å². The zero-order valence-corrected chi connectivity index (χ0v) is 9.60. The van der Waals surface area contributed by atoms with Crippen LogP contribution in [0, 0.1) is 11.3 Å². The van der Waals surface area contributed by atoms with Crippen LogP contribution >= 0.6 is 0 Å². The molecule has 2 rings (SSSR count). The largest absolute Gasteiger partial charge is 0.465 e. The average Bonchev–Trinajstić information content (AvgIpc) is 2.75. The van der Waals surface area contributed by atoms with Crippen LogP contribution in [0.5, 0.6) is 0 Å². The van der Waals surface area contributed by atoms with Crippen molar-refractivity contribution in [3.63, 3.8) is 0 Å². The Morgan fingerprint density at radius 1 is 1.59 bits per heavy atom. The number of rotatable bonds is 2. The Labute approximate surface area is 100 Å². The number of amidine groups is 1. The van der Waals surface area contributed by atoms with E-state index in [9.17, 15) is 0 Å². The molecule has 1 aliphatic rings. The average molecular weight is 229 g/mol. The third-order valence-corrected chi connectivity index (χ3v) is 2.87. The summed E-state index contributed by atoms with van der Waals surface area (Å²) in [5, 5.41) is 8.85. The molecule has 1 unspecified atom stereocenters. The summed E-state index contributed by atoms with van der Waals surface area (Å²) >= 11 is 0. The maximum absolute atomic E-state index is 8.85. The van der Waals surface area contributed by atoms with Gasteiger partial charge in [-0.05, 0) is 25.0 Å². The van der Waals surface area contributed by atoms with Gasteiger partial charge >= 0.3 is 0 Å². The Morgan fingerprint density at radius 2 is 2.47 bits per heavy atom. The zero-order chi connectivity index (χ0) is 12.1. The molecule has 1 aliphatic heterocycles. The molecular weight excluding hydrogens is 214 g/mol. The summed E-state index contributed by atoms with van der Waals surface area (Å²) in [6, 6.07) is 5.66. The molecule has 0 spiro atoms. The van der Waals surface area contributed by atoms with Gasteiger partial charge in [-0.2, -0.15) is 5.26 Å². The van der Waals surface area contributed by atoms with E-state index < -0.39 is 0 Å². The molecule has 4 nitrogen and oxygen atoms in total. The van der Waals surface area contributed by atoms with Crippen molar-refractivity contribution in [3.8, 4) is 6.07 Å². The lowest BCUT2D eigenvalue weighted by molar-refractivity contribution is 0.543. The number of hydrogen-bond acceptors (Lipinski definition) is 4. The van der Waals surface area contributed by atoms with E-state index in [1.54, 1.807) is 6.26 Å². The molecule has 17 heavy (non-hydrogen) atoms. The van der Waals surface area contributed by atoms with Crippen LogP contribution in [0.4, 0.5) is 0 Å². The minimum atomic E-state index is -0.0525. The van der Waals surface area contributed by atoms with E-state index in [1.807, 2.05) is 12.1 Å². The highest BCUT2D eigenvalue weighted by Crippen LogP contribution is 2.27. The number of nitriles is 1. The van der Waals surface area contributed by atoms with Gasteiger partial charge in [-0.3, -0.25) is 4.99 Å². The Bertz CT molecular complexity index is 465. The molecule has 0 amide bonds. The Hall–Kier alpha value is -2.02. The topological polar surface area (TPSA) is 75.3 Å². The van der Waals surface area contributed by atoms with E-state index in [-0.39, 0.29) is 6.04 Å². The van der Waals surface area contributed by atoms with Crippen molar-refractivity contribution < 1.29 is 4.42 Å². The molecule has 0 aliphatic carbocycles. The highest BCUT2D eigenvalue weighted by atomic mass is 16.3. The standard InChI is InChI=1S/C13H15N3O/c14-8-7-10(12-5-3-9-17-12)11-4-1-2-6-13(15)16-11/h3,5,7,9,11H,1-2,4,6H2,(H2,15,16). The molecule has 0 fully saturated rings. The number of hydrogen-bond donors (Lipinski definition) is 1. The minimum Gasteiger partial charge on any atom is -0.465 e. The van der Waals surface area contributed by atoms with Crippen LogP contribution in [0.3, 0.4) is 0 Å². The second-order valence-corrected chi connectivity index (χ2v) is 4.09. The van der Waals surface area contributed by atoms with Crippen LogP contribution in [-0.4, -0.2) is 11.9 Å². The van der Waals surface area contributed by atoms with Gasteiger partial charge in [0.15, 0.2) is 0 Å². The molecular formula is C13H15N3O. The lowest BCUT2D eigenvalue weighted by Crippen LogP contribution is -2.15. The summed E-state index contributed by atoms with van der Waals surface area (Å²) in [5.41, 5.74) is 6.64. The lowest BCUT2D eigenvalue weighted by Gasteiger charge is -2.12. The molecule has 88 valence electrons. The van der Waals surface area contributed by atoms with Crippen molar-refractivity contribution >= 4 is 11.4 Å². The van der Waals surface area contributed by atoms with Gasteiger partial charge in [-0.15, -0.1) is 0 Å². The van der Waals surface area contributed by atoms with Crippen LogP contribution in [0.1, 0.15) is 31.4 Å². The van der Waals surface area contributed by atoms with Crippen LogP contribution in [-0.2, 0) is 0 Å². The van der Waals surface area contributed by atoms with Crippen molar-refractivity contribution in [2.45, 2.75) is 31.7 Å². The molecule has 1 aromatic heterocycles. The predicted molar refractivity (Wildman–Crippen MR) is 66.2 cm³/mol. The molecule has 1 aromatic rings. The predicted octanol–water partition coefficient (Wildman–Crippen LogP) is 2.49. The monoisotopic (exact) mass is 229 g/mol. The van der Waals surface area contributed by atoms with E-state index in [1.165, 1.54) is 6.08 Å². The first kappa shape index (κ1) is 11.5. The minimum absolute atomic E-state index is 0.0525. The second kappa shape index (κ2) is 5.35. The molecule has 4 heteroatoms. The fraction of sp³-hybridized carbons (Fsp3) is 0.385. The first-order chi connectivity index (χ1) is 8.31. The highest BCUT2D eigenvalue weighted by molar-refractivity contribution is 5.82. The summed E-state index contributed by atoms with van der Waals surface area (Å²) in [7, 11) is 0. The molecule has 0 radical (unpaired) electrons. The van der Waals surface area contributed by atoms with Gasteiger partial charge in [0.25, 0.3) is 0 Å². The lowest BCUT2D eigenvalue weighted by atomic mass is 10.00. The van der Waals surface area contributed by atoms with Gasteiger partial charge in [0.2, 0.25) is 0 Å². The van der Waals surface area contributed by atoms with E-state index in [0.29, 0.717) is 11.6 Å². The smallest absolute Gasteiger partial charge is 0.132 e. The molecule has 2 heterocycles. The second-order valence-electron chi connectivity index (χ2n) is 4.09. The molecule has 0 saturated carbocycles. The quantitative estimate of drug-likeness (QED) is 0.791. The van der Waals surface area contributed by atoms with Crippen LogP contribution in [0.15, 0.2) is 33.9 Å². The van der Waals surface area contributed by atoms with E-state index >= 15 is 0 Å². The van der Waals surface area contributed by atoms with E-state index in [4.69, 9.17) is 15.4 Å². The van der Waals surface area contributed by atoms with E-state index in [0.717, 1.165) is 31.3 Å². The summed E-state index contributed by atoms with van der Waals surface area (Å²) in [4.78, 5) is 4.47. The van der Waals surface area contributed by atoms with Gasteiger partial charge in [0.05, 0.1) is 24.2 Å². The molecule has 1 atom stereocenters. The maximum atomic E-state index is 8.85. The van der Waals surface area contributed by atoms with Crippen LogP contribution < -0.4 is 5.73 Å². The Balaban J connectivity index is 2.31. The van der Waals surface area contributed by atoms with Crippen LogP contribution in [0.2, 0.25) is 0 Å². The van der Waals surface area contributed by atoms with Gasteiger partial charge in [0.1, 0.15) is 5.76 Å². The van der Waals surface area contributed by atoms with Crippen molar-refractivity contribution in [1.29, 1.82) is 5.26 Å². The van der Waals surface area contributed by atoms with Crippen LogP contribution in [0.25, 0.3) is 5.57 Å². The molecule has 0 saturated heterocycles. The first-order valence-corrected chi connectivity index (χ1v) is 5.77. The summed E-state index contributed by atoms with van der Waals surface area (Å²) < 4.78 is 5.35. The van der Waals surface area contributed by atoms with Crippen molar-refractivity contribution in [2.75, 3.05) is 0 Å². The Kier molecular flexibility index (Phi) is 3.61. The third kappa shape index (κ3) is 2.76. The van der Waals surface area contributed by atoms with Crippen molar-refractivity contribution in [1.82, 2.24) is 0 Å².